The molecule has 33 heavy (non-hydrogen) atoms. The van der Waals surface area contributed by atoms with Crippen molar-refractivity contribution in [2.45, 2.75) is 25.6 Å². The Labute approximate surface area is 198 Å². The quantitative estimate of drug-likeness (QED) is 0.529. The second kappa shape index (κ2) is 8.55. The molecule has 9 heteroatoms. The number of rotatable bonds is 5. The molecule has 2 bridgehead atoms. The van der Waals surface area contributed by atoms with Gasteiger partial charge in [0.2, 0.25) is 5.91 Å². The Kier molecular flexibility index (Phi) is 5.92. The van der Waals surface area contributed by atoms with Gasteiger partial charge in [0, 0.05) is 25.3 Å². The number of nitrogens with zero attached hydrogens (tertiary/aromatic N) is 2. The molecule has 2 aromatic carbocycles. The molecule has 0 aromatic heterocycles. The van der Waals surface area contributed by atoms with E-state index in [-0.39, 0.29) is 5.91 Å². The van der Waals surface area contributed by atoms with E-state index >= 15 is 0 Å². The summed E-state index contributed by atoms with van der Waals surface area (Å²) in [5.74, 6) is 0.214. The molecular weight excluding hydrogens is 442 g/mol. The molecule has 2 aliphatic heterocycles. The van der Waals surface area contributed by atoms with Crippen molar-refractivity contribution in [1.29, 1.82) is 0 Å². The molecular formula is C24H27N3O5S. The van der Waals surface area contributed by atoms with Crippen LogP contribution in [0.15, 0.2) is 42.5 Å². The highest BCUT2D eigenvalue weighted by Gasteiger charge is 2.59. The number of benzene rings is 2. The van der Waals surface area contributed by atoms with Crippen molar-refractivity contribution in [2.75, 3.05) is 32.7 Å². The lowest BCUT2D eigenvalue weighted by molar-refractivity contribution is -0.144. The van der Waals surface area contributed by atoms with Crippen LogP contribution in [0, 0.1) is 5.92 Å². The third-order valence-corrected chi connectivity index (χ3v) is 6.35. The third-order valence-electron chi connectivity index (χ3n) is 6.05. The van der Waals surface area contributed by atoms with Crippen molar-refractivity contribution < 1.29 is 23.8 Å². The van der Waals surface area contributed by atoms with Crippen LogP contribution in [0.3, 0.4) is 0 Å². The number of ether oxygens (including phenoxy) is 3. The molecule has 1 fully saturated rings. The lowest BCUT2D eigenvalue weighted by Crippen LogP contribution is -2.72. The second-order valence-corrected chi connectivity index (χ2v) is 8.69. The van der Waals surface area contributed by atoms with Gasteiger partial charge in [0.05, 0.1) is 25.3 Å². The van der Waals surface area contributed by atoms with Crippen LogP contribution < -0.4 is 19.7 Å². The smallest absolute Gasteiger partial charge is 0.338 e. The number of thiocarbonyl (C=S) groups is 1. The fourth-order valence-electron chi connectivity index (χ4n) is 4.49. The average Bonchev–Trinajstić information content (AvgIpc) is 2.78. The Bertz CT molecular complexity index is 1100. The number of carbonyl (C=O) groups excluding carboxylic acids is 2. The Balaban J connectivity index is 1.81. The van der Waals surface area contributed by atoms with Gasteiger partial charge in [0.1, 0.15) is 17.4 Å². The predicted octanol–water partition coefficient (Wildman–Crippen LogP) is 3.12. The minimum absolute atomic E-state index is 0.0980. The minimum atomic E-state index is -1.11. The molecule has 0 radical (unpaired) electrons. The fraction of sp³-hybridized carbons (Fsp3) is 0.375. The molecule has 2 aromatic rings. The van der Waals surface area contributed by atoms with Gasteiger partial charge in [-0.05, 0) is 68.5 Å². The standard InChI is InChI=1S/C24H27N3O5S/c1-6-31-22(29)14-7-9-15(10-8-14)27-23(33)25-20-17-13-16(30-5)11-12-18(17)32-24(27,2)19(20)21(28)26(3)4/h7-13,19-20H,6H2,1-5H3,(H,25,33)/t19-,20+,24+/m1/s1. The van der Waals surface area contributed by atoms with Gasteiger partial charge in [-0.15, -0.1) is 0 Å². The summed E-state index contributed by atoms with van der Waals surface area (Å²) in [6.45, 7) is 3.93. The molecule has 4 rings (SSSR count). The first-order chi connectivity index (χ1) is 15.7. The lowest BCUT2D eigenvalue weighted by Gasteiger charge is -2.56. The zero-order valence-electron chi connectivity index (χ0n) is 19.2. The van der Waals surface area contributed by atoms with Crippen LogP contribution in [0.25, 0.3) is 0 Å². The van der Waals surface area contributed by atoms with Gasteiger partial charge in [0.25, 0.3) is 0 Å². The zero-order chi connectivity index (χ0) is 23.9. The molecule has 1 amide bonds. The molecule has 1 saturated heterocycles. The second-order valence-electron chi connectivity index (χ2n) is 8.30. The summed E-state index contributed by atoms with van der Waals surface area (Å²) < 4.78 is 17.0. The first-order valence-corrected chi connectivity index (χ1v) is 11.1. The van der Waals surface area contributed by atoms with Crippen LogP contribution in [0.5, 0.6) is 11.5 Å². The summed E-state index contributed by atoms with van der Waals surface area (Å²) in [4.78, 5) is 28.9. The molecule has 0 saturated carbocycles. The number of methoxy groups -OCH3 is 1. The van der Waals surface area contributed by atoms with E-state index in [4.69, 9.17) is 26.4 Å². The average molecular weight is 470 g/mol. The van der Waals surface area contributed by atoms with E-state index < -0.39 is 23.7 Å². The number of anilines is 1. The van der Waals surface area contributed by atoms with Crippen molar-refractivity contribution in [3.8, 4) is 11.5 Å². The molecule has 0 aliphatic carbocycles. The van der Waals surface area contributed by atoms with Gasteiger partial charge in [-0.25, -0.2) is 4.79 Å². The molecule has 2 aliphatic rings. The Morgan fingerprint density at radius 2 is 1.91 bits per heavy atom. The van der Waals surface area contributed by atoms with Gasteiger partial charge in [0.15, 0.2) is 10.8 Å². The van der Waals surface area contributed by atoms with Crippen molar-refractivity contribution in [3.63, 3.8) is 0 Å². The summed E-state index contributed by atoms with van der Waals surface area (Å²) in [7, 11) is 5.04. The van der Waals surface area contributed by atoms with E-state index in [1.165, 1.54) is 0 Å². The highest BCUT2D eigenvalue weighted by atomic mass is 32.1. The van der Waals surface area contributed by atoms with E-state index in [1.54, 1.807) is 62.2 Å². The van der Waals surface area contributed by atoms with E-state index in [2.05, 4.69) is 5.32 Å². The molecule has 8 nitrogen and oxygen atoms in total. The Morgan fingerprint density at radius 1 is 1.21 bits per heavy atom. The number of esters is 1. The fourth-order valence-corrected chi connectivity index (χ4v) is 4.91. The maximum Gasteiger partial charge on any atom is 0.338 e. The van der Waals surface area contributed by atoms with Gasteiger partial charge >= 0.3 is 5.97 Å². The van der Waals surface area contributed by atoms with Crippen LogP contribution in [-0.2, 0) is 9.53 Å². The maximum absolute atomic E-state index is 13.4. The van der Waals surface area contributed by atoms with Crippen molar-refractivity contribution in [1.82, 2.24) is 10.2 Å². The number of amides is 1. The van der Waals surface area contributed by atoms with Gasteiger partial charge in [-0.1, -0.05) is 0 Å². The number of carbonyl (C=O) groups is 2. The van der Waals surface area contributed by atoms with Crippen LogP contribution in [0.1, 0.15) is 35.8 Å². The maximum atomic E-state index is 13.4. The van der Waals surface area contributed by atoms with Crippen molar-refractivity contribution in [3.05, 3.63) is 53.6 Å². The minimum Gasteiger partial charge on any atom is -0.497 e. The van der Waals surface area contributed by atoms with Crippen molar-refractivity contribution >= 4 is 34.9 Å². The van der Waals surface area contributed by atoms with Crippen molar-refractivity contribution in [2.24, 2.45) is 5.92 Å². The summed E-state index contributed by atoms with van der Waals surface area (Å²) in [5.41, 5.74) is 0.825. The van der Waals surface area contributed by atoms with E-state index in [1.807, 2.05) is 25.1 Å². The first kappa shape index (κ1) is 22.8. The summed E-state index contributed by atoms with van der Waals surface area (Å²) >= 11 is 5.74. The van der Waals surface area contributed by atoms with Crippen LogP contribution in [-0.4, -0.2) is 55.4 Å². The molecule has 0 unspecified atom stereocenters. The SMILES string of the molecule is CCOC(=O)c1ccc(N2C(=S)N[C@H]3c4cc(OC)ccc4O[C@@]2(C)[C@H]3C(=O)N(C)C)cc1. The summed E-state index contributed by atoms with van der Waals surface area (Å²) in [6, 6.07) is 12.0. The highest BCUT2D eigenvalue weighted by Crippen LogP contribution is 2.50. The van der Waals surface area contributed by atoms with Gasteiger partial charge in [-0.3, -0.25) is 9.69 Å². The lowest BCUT2D eigenvalue weighted by atomic mass is 9.78. The monoisotopic (exact) mass is 469 g/mol. The summed E-state index contributed by atoms with van der Waals surface area (Å²) in [5, 5.41) is 3.77. The van der Waals surface area contributed by atoms with Crippen LogP contribution in [0.2, 0.25) is 0 Å². The van der Waals surface area contributed by atoms with E-state index in [9.17, 15) is 9.59 Å². The molecule has 0 spiro atoms. The number of hydrogen-bond donors (Lipinski definition) is 1. The Hall–Kier alpha value is -3.33. The molecule has 2 heterocycles. The molecule has 1 N–H and O–H groups in total. The largest absolute Gasteiger partial charge is 0.497 e. The third kappa shape index (κ3) is 3.76. The molecule has 3 atom stereocenters. The topological polar surface area (TPSA) is 80.3 Å². The number of hydrogen-bond acceptors (Lipinski definition) is 6. The number of nitrogens with one attached hydrogen (secondary N) is 1. The van der Waals surface area contributed by atoms with Gasteiger partial charge in [-0.2, -0.15) is 0 Å². The summed E-state index contributed by atoms with van der Waals surface area (Å²) in [6.07, 6.45) is 0. The zero-order valence-corrected chi connectivity index (χ0v) is 20.1. The van der Waals surface area contributed by atoms with E-state index in [0.29, 0.717) is 34.5 Å². The van der Waals surface area contributed by atoms with E-state index in [0.717, 1.165) is 5.56 Å². The number of fused-ring (bicyclic) bond motifs is 4. The normalized spacial score (nSPS) is 23.1. The van der Waals surface area contributed by atoms with Gasteiger partial charge < -0.3 is 24.4 Å². The first-order valence-electron chi connectivity index (χ1n) is 10.7. The molecule has 174 valence electrons. The Morgan fingerprint density at radius 3 is 2.52 bits per heavy atom. The highest BCUT2D eigenvalue weighted by molar-refractivity contribution is 7.80. The van der Waals surface area contributed by atoms with Crippen LogP contribution >= 0.6 is 12.2 Å². The predicted molar refractivity (Wildman–Crippen MR) is 128 cm³/mol. The van der Waals surface area contributed by atoms with Crippen LogP contribution in [0.4, 0.5) is 5.69 Å².